The highest BCUT2D eigenvalue weighted by molar-refractivity contribution is 6.32. The van der Waals surface area contributed by atoms with Gasteiger partial charge in [-0.15, -0.1) is 0 Å². The van der Waals surface area contributed by atoms with Crippen molar-refractivity contribution >= 4 is 23.2 Å². The fourth-order valence-corrected chi connectivity index (χ4v) is 2.43. The molecular formula is C16H11ClFN3O2. The van der Waals surface area contributed by atoms with Crippen LogP contribution >= 0.6 is 11.6 Å². The van der Waals surface area contributed by atoms with Crippen molar-refractivity contribution in [3.63, 3.8) is 0 Å². The van der Waals surface area contributed by atoms with Crippen molar-refractivity contribution in [2.75, 3.05) is 5.73 Å². The van der Waals surface area contributed by atoms with Crippen LogP contribution in [-0.4, -0.2) is 20.7 Å². The molecule has 1 heterocycles. The molecule has 0 aliphatic heterocycles. The SMILES string of the molecule is Nc1c(C(=O)c2cccc(O)c2)cnn1-c1ccc(F)cc1Cl. The van der Waals surface area contributed by atoms with Crippen LogP contribution < -0.4 is 5.73 Å². The number of nitrogen functional groups attached to an aromatic ring is 1. The summed E-state index contributed by atoms with van der Waals surface area (Å²) in [6, 6.07) is 9.69. The van der Waals surface area contributed by atoms with E-state index in [0.29, 0.717) is 5.69 Å². The summed E-state index contributed by atoms with van der Waals surface area (Å²) < 4.78 is 14.4. The first-order chi connectivity index (χ1) is 11.0. The highest BCUT2D eigenvalue weighted by Gasteiger charge is 2.19. The maximum Gasteiger partial charge on any atom is 0.198 e. The molecule has 0 fully saturated rings. The van der Waals surface area contributed by atoms with Crippen LogP contribution in [0.3, 0.4) is 0 Å². The number of aromatic hydroxyl groups is 1. The standard InChI is InChI=1S/C16H11ClFN3O2/c17-13-7-10(18)4-5-14(13)21-16(19)12(8-20-21)15(23)9-2-1-3-11(22)6-9/h1-8,22H,19H2. The van der Waals surface area contributed by atoms with Crippen LogP contribution in [0, 0.1) is 5.82 Å². The number of carbonyl (C=O) groups excluding carboxylic acids is 1. The predicted octanol–water partition coefficient (Wildman–Crippen LogP) is 3.18. The Labute approximate surface area is 135 Å². The van der Waals surface area contributed by atoms with Crippen LogP contribution in [0.2, 0.25) is 5.02 Å². The van der Waals surface area contributed by atoms with E-state index < -0.39 is 5.82 Å². The number of anilines is 1. The molecule has 0 bridgehead atoms. The van der Waals surface area contributed by atoms with Crippen molar-refractivity contribution in [3.8, 4) is 11.4 Å². The number of halogens is 2. The van der Waals surface area contributed by atoms with Gasteiger partial charge in [0.05, 0.1) is 22.5 Å². The minimum Gasteiger partial charge on any atom is -0.508 e. The van der Waals surface area contributed by atoms with Crippen LogP contribution in [0.5, 0.6) is 5.75 Å². The lowest BCUT2D eigenvalue weighted by Crippen LogP contribution is -2.07. The number of nitrogens with zero attached hydrogens (tertiary/aromatic N) is 2. The number of hydrogen-bond acceptors (Lipinski definition) is 4. The van der Waals surface area contributed by atoms with Gasteiger partial charge in [0.15, 0.2) is 5.78 Å². The maximum atomic E-state index is 13.1. The van der Waals surface area contributed by atoms with Crippen molar-refractivity contribution in [2.24, 2.45) is 0 Å². The third-order valence-electron chi connectivity index (χ3n) is 3.30. The molecule has 7 heteroatoms. The summed E-state index contributed by atoms with van der Waals surface area (Å²) in [6.45, 7) is 0. The fourth-order valence-electron chi connectivity index (χ4n) is 2.18. The Hall–Kier alpha value is -2.86. The van der Waals surface area contributed by atoms with Crippen molar-refractivity contribution < 1.29 is 14.3 Å². The normalized spacial score (nSPS) is 10.7. The second kappa shape index (κ2) is 5.73. The largest absolute Gasteiger partial charge is 0.508 e. The number of rotatable bonds is 3. The summed E-state index contributed by atoms with van der Waals surface area (Å²) in [5.41, 5.74) is 6.79. The first-order valence-electron chi connectivity index (χ1n) is 6.60. The first kappa shape index (κ1) is 15.1. The number of benzene rings is 2. The van der Waals surface area contributed by atoms with Crippen molar-refractivity contribution in [1.82, 2.24) is 9.78 Å². The fraction of sp³-hybridized carbons (Fsp3) is 0. The van der Waals surface area contributed by atoms with Gasteiger partial charge in [-0.1, -0.05) is 23.7 Å². The Bertz CT molecular complexity index is 908. The lowest BCUT2D eigenvalue weighted by Gasteiger charge is -2.07. The molecule has 0 saturated heterocycles. The van der Waals surface area contributed by atoms with Crippen molar-refractivity contribution in [3.05, 3.63) is 70.6 Å². The molecule has 0 amide bonds. The minimum atomic E-state index is -0.486. The smallest absolute Gasteiger partial charge is 0.198 e. The van der Waals surface area contributed by atoms with E-state index in [1.165, 1.54) is 35.1 Å². The zero-order chi connectivity index (χ0) is 16.6. The molecule has 116 valence electrons. The highest BCUT2D eigenvalue weighted by atomic mass is 35.5. The number of hydrogen-bond donors (Lipinski definition) is 2. The Morgan fingerprint density at radius 3 is 2.74 bits per heavy atom. The van der Waals surface area contributed by atoms with Gasteiger partial charge in [0.25, 0.3) is 0 Å². The molecule has 0 radical (unpaired) electrons. The van der Waals surface area contributed by atoms with Gasteiger partial charge in [-0.2, -0.15) is 5.10 Å². The van der Waals surface area contributed by atoms with E-state index in [4.69, 9.17) is 17.3 Å². The summed E-state index contributed by atoms with van der Waals surface area (Å²) in [5.74, 6) is -0.821. The van der Waals surface area contributed by atoms with E-state index in [1.807, 2.05) is 0 Å². The lowest BCUT2D eigenvalue weighted by atomic mass is 10.1. The number of phenols is 1. The zero-order valence-corrected chi connectivity index (χ0v) is 12.5. The predicted molar refractivity (Wildman–Crippen MR) is 84.5 cm³/mol. The number of phenolic OH excluding ortho intramolecular Hbond substituents is 1. The number of aromatic nitrogens is 2. The molecule has 2 aromatic carbocycles. The van der Waals surface area contributed by atoms with Crippen molar-refractivity contribution in [1.29, 1.82) is 0 Å². The summed E-state index contributed by atoms with van der Waals surface area (Å²) in [7, 11) is 0. The Balaban J connectivity index is 2.04. The zero-order valence-electron chi connectivity index (χ0n) is 11.7. The second-order valence-electron chi connectivity index (χ2n) is 4.83. The quantitative estimate of drug-likeness (QED) is 0.722. The van der Waals surface area contributed by atoms with Gasteiger partial charge in [-0.3, -0.25) is 4.79 Å². The van der Waals surface area contributed by atoms with E-state index in [0.717, 1.165) is 6.07 Å². The highest BCUT2D eigenvalue weighted by Crippen LogP contribution is 2.26. The van der Waals surface area contributed by atoms with Crippen LogP contribution in [0.25, 0.3) is 5.69 Å². The summed E-state index contributed by atoms with van der Waals surface area (Å²) >= 11 is 5.99. The van der Waals surface area contributed by atoms with E-state index in [9.17, 15) is 14.3 Å². The first-order valence-corrected chi connectivity index (χ1v) is 6.98. The Morgan fingerprint density at radius 1 is 1.26 bits per heavy atom. The molecule has 3 N–H and O–H groups in total. The monoisotopic (exact) mass is 331 g/mol. The molecule has 0 aliphatic carbocycles. The average molecular weight is 332 g/mol. The molecular weight excluding hydrogens is 321 g/mol. The van der Waals surface area contributed by atoms with Gasteiger partial charge < -0.3 is 10.8 Å². The minimum absolute atomic E-state index is 0.0246. The van der Waals surface area contributed by atoms with Gasteiger partial charge in [0, 0.05) is 5.56 Å². The van der Waals surface area contributed by atoms with Crippen LogP contribution in [0.1, 0.15) is 15.9 Å². The third-order valence-corrected chi connectivity index (χ3v) is 3.60. The summed E-state index contributed by atoms with van der Waals surface area (Å²) in [6.07, 6.45) is 1.31. The molecule has 3 aromatic rings. The van der Waals surface area contributed by atoms with Crippen LogP contribution in [0.15, 0.2) is 48.7 Å². The number of ketones is 1. The average Bonchev–Trinajstić information content (AvgIpc) is 2.88. The Kier molecular flexibility index (Phi) is 3.75. The van der Waals surface area contributed by atoms with Gasteiger partial charge in [-0.05, 0) is 30.3 Å². The molecule has 3 rings (SSSR count). The topological polar surface area (TPSA) is 81.1 Å². The molecule has 0 aliphatic rings. The molecule has 5 nitrogen and oxygen atoms in total. The lowest BCUT2D eigenvalue weighted by molar-refractivity contribution is 0.103. The molecule has 0 spiro atoms. The Morgan fingerprint density at radius 2 is 2.04 bits per heavy atom. The number of carbonyl (C=O) groups is 1. The van der Waals surface area contributed by atoms with Gasteiger partial charge in [0.1, 0.15) is 17.4 Å². The van der Waals surface area contributed by atoms with Crippen molar-refractivity contribution in [2.45, 2.75) is 0 Å². The van der Waals surface area contributed by atoms with Crippen LogP contribution in [0.4, 0.5) is 10.2 Å². The van der Waals surface area contributed by atoms with Gasteiger partial charge in [-0.25, -0.2) is 9.07 Å². The summed E-state index contributed by atoms with van der Waals surface area (Å²) in [4.78, 5) is 12.5. The van der Waals surface area contributed by atoms with Gasteiger partial charge >= 0.3 is 0 Å². The third kappa shape index (κ3) is 2.76. The van der Waals surface area contributed by atoms with E-state index >= 15 is 0 Å². The van der Waals surface area contributed by atoms with E-state index in [2.05, 4.69) is 5.10 Å². The molecule has 0 saturated carbocycles. The van der Waals surface area contributed by atoms with Crippen LogP contribution in [-0.2, 0) is 0 Å². The molecule has 23 heavy (non-hydrogen) atoms. The molecule has 1 aromatic heterocycles. The maximum absolute atomic E-state index is 13.1. The number of nitrogens with two attached hydrogens (primary N) is 1. The molecule has 0 atom stereocenters. The molecule has 0 unspecified atom stereocenters. The van der Waals surface area contributed by atoms with Gasteiger partial charge in [0.2, 0.25) is 0 Å². The second-order valence-corrected chi connectivity index (χ2v) is 5.24. The van der Waals surface area contributed by atoms with E-state index in [-0.39, 0.29) is 33.5 Å². The summed E-state index contributed by atoms with van der Waals surface area (Å²) in [5, 5.41) is 13.6. The van der Waals surface area contributed by atoms with E-state index in [1.54, 1.807) is 12.1 Å².